The van der Waals surface area contributed by atoms with Crippen LogP contribution < -0.4 is 4.74 Å². The van der Waals surface area contributed by atoms with Gasteiger partial charge in [-0.2, -0.15) is 0 Å². The average molecular weight is 326 g/mol. The predicted molar refractivity (Wildman–Crippen MR) is 101 cm³/mol. The number of phenols is 1. The van der Waals surface area contributed by atoms with E-state index in [2.05, 4.69) is 58.9 Å². The van der Waals surface area contributed by atoms with Gasteiger partial charge >= 0.3 is 0 Å². The smallest absolute Gasteiger partial charge is 0.120 e. The third kappa shape index (κ3) is 3.75. The van der Waals surface area contributed by atoms with Gasteiger partial charge in [0.1, 0.15) is 17.1 Å². The normalized spacial score (nSPS) is 14.2. The SMILES string of the molecule is CCC(C)(CC)Oc1ccc(C(C)(CC)c2ccc(O)cc2)cc1. The maximum atomic E-state index is 9.54. The molecule has 24 heavy (non-hydrogen) atoms. The van der Waals surface area contributed by atoms with Crippen LogP contribution in [0, 0.1) is 0 Å². The van der Waals surface area contributed by atoms with Crippen molar-refractivity contribution < 1.29 is 9.84 Å². The van der Waals surface area contributed by atoms with Crippen LogP contribution in [0.3, 0.4) is 0 Å². The number of rotatable bonds is 7. The van der Waals surface area contributed by atoms with Gasteiger partial charge in [-0.15, -0.1) is 0 Å². The minimum atomic E-state index is -0.105. The molecule has 0 heterocycles. The first-order valence-corrected chi connectivity index (χ1v) is 8.96. The van der Waals surface area contributed by atoms with Gasteiger partial charge in [0.2, 0.25) is 0 Å². The maximum Gasteiger partial charge on any atom is 0.120 e. The highest BCUT2D eigenvalue weighted by atomic mass is 16.5. The lowest BCUT2D eigenvalue weighted by Crippen LogP contribution is -2.30. The van der Waals surface area contributed by atoms with Crippen LogP contribution in [0.2, 0.25) is 0 Å². The van der Waals surface area contributed by atoms with Crippen molar-refractivity contribution in [2.24, 2.45) is 0 Å². The summed E-state index contributed by atoms with van der Waals surface area (Å²) in [6.45, 7) is 10.9. The molecular weight excluding hydrogens is 296 g/mol. The van der Waals surface area contributed by atoms with Crippen molar-refractivity contribution in [2.75, 3.05) is 0 Å². The Kier molecular flexibility index (Phi) is 5.58. The number of ether oxygens (including phenoxy) is 1. The van der Waals surface area contributed by atoms with Crippen LogP contribution in [0.25, 0.3) is 0 Å². The van der Waals surface area contributed by atoms with E-state index in [4.69, 9.17) is 4.74 Å². The zero-order valence-corrected chi connectivity index (χ0v) is 15.6. The molecule has 1 atom stereocenters. The van der Waals surface area contributed by atoms with Crippen molar-refractivity contribution in [3.05, 3.63) is 59.7 Å². The van der Waals surface area contributed by atoms with Gasteiger partial charge in [0, 0.05) is 5.41 Å². The monoisotopic (exact) mass is 326 g/mol. The van der Waals surface area contributed by atoms with E-state index < -0.39 is 0 Å². The number of phenolic OH excluding ortho intramolecular Hbond substituents is 1. The van der Waals surface area contributed by atoms with Gasteiger partial charge in [-0.1, -0.05) is 52.0 Å². The summed E-state index contributed by atoms with van der Waals surface area (Å²) in [7, 11) is 0. The largest absolute Gasteiger partial charge is 0.508 e. The van der Waals surface area contributed by atoms with Crippen molar-refractivity contribution >= 4 is 0 Å². The molecule has 0 fully saturated rings. The lowest BCUT2D eigenvalue weighted by Gasteiger charge is -2.31. The Balaban J connectivity index is 2.29. The zero-order chi connectivity index (χ0) is 17.8. The summed E-state index contributed by atoms with van der Waals surface area (Å²) in [5.41, 5.74) is 2.29. The van der Waals surface area contributed by atoms with Gasteiger partial charge in [-0.3, -0.25) is 0 Å². The van der Waals surface area contributed by atoms with Crippen molar-refractivity contribution in [2.45, 2.75) is 64.9 Å². The molecule has 2 aromatic rings. The topological polar surface area (TPSA) is 29.5 Å². The van der Waals surface area contributed by atoms with Crippen molar-refractivity contribution in [3.8, 4) is 11.5 Å². The summed E-state index contributed by atoms with van der Waals surface area (Å²) in [4.78, 5) is 0. The predicted octanol–water partition coefficient (Wildman–Crippen LogP) is 6.07. The Morgan fingerprint density at radius 1 is 0.750 bits per heavy atom. The molecule has 2 heteroatoms. The molecule has 0 saturated carbocycles. The first-order valence-electron chi connectivity index (χ1n) is 8.96. The number of hydrogen-bond donors (Lipinski definition) is 1. The highest BCUT2D eigenvalue weighted by Crippen LogP contribution is 2.37. The van der Waals surface area contributed by atoms with Crippen LogP contribution in [0.1, 0.15) is 65.0 Å². The van der Waals surface area contributed by atoms with Crippen LogP contribution >= 0.6 is 0 Å². The van der Waals surface area contributed by atoms with Gasteiger partial charge in [0.15, 0.2) is 0 Å². The summed E-state index contributed by atoms with van der Waals surface area (Å²) >= 11 is 0. The molecular formula is C22H30O2. The van der Waals surface area contributed by atoms with E-state index in [-0.39, 0.29) is 11.0 Å². The molecule has 0 aliphatic rings. The Labute approximate surface area is 146 Å². The number of benzene rings is 2. The van der Waals surface area contributed by atoms with Crippen LogP contribution in [-0.4, -0.2) is 10.7 Å². The molecule has 0 amide bonds. The Morgan fingerprint density at radius 3 is 1.62 bits per heavy atom. The summed E-state index contributed by atoms with van der Waals surface area (Å²) in [5, 5.41) is 9.54. The Bertz CT molecular complexity index is 639. The highest BCUT2D eigenvalue weighted by molar-refractivity contribution is 5.42. The summed E-state index contributed by atoms with van der Waals surface area (Å²) in [6, 6.07) is 16.0. The maximum absolute atomic E-state index is 9.54. The minimum absolute atomic E-state index is 0.0783. The molecule has 0 aromatic heterocycles. The van der Waals surface area contributed by atoms with Gasteiger partial charge in [-0.25, -0.2) is 0 Å². The van der Waals surface area contributed by atoms with Gasteiger partial charge in [0.25, 0.3) is 0 Å². The minimum Gasteiger partial charge on any atom is -0.508 e. The average Bonchev–Trinajstić information content (AvgIpc) is 2.62. The Hall–Kier alpha value is -1.96. The van der Waals surface area contributed by atoms with Crippen molar-refractivity contribution in [1.82, 2.24) is 0 Å². The molecule has 0 saturated heterocycles. The second-order valence-corrected chi connectivity index (χ2v) is 7.02. The molecule has 2 aromatic carbocycles. The lowest BCUT2D eigenvalue weighted by molar-refractivity contribution is 0.0802. The first kappa shape index (κ1) is 18.4. The van der Waals surface area contributed by atoms with Crippen LogP contribution in [0.5, 0.6) is 11.5 Å². The first-order chi connectivity index (χ1) is 11.4. The van der Waals surface area contributed by atoms with E-state index in [0.29, 0.717) is 5.75 Å². The molecule has 0 radical (unpaired) electrons. The fraction of sp³-hybridized carbons (Fsp3) is 0.455. The number of hydrogen-bond acceptors (Lipinski definition) is 2. The van der Waals surface area contributed by atoms with E-state index >= 15 is 0 Å². The summed E-state index contributed by atoms with van der Waals surface area (Å²) in [6.07, 6.45) is 2.97. The molecule has 130 valence electrons. The Morgan fingerprint density at radius 2 is 1.21 bits per heavy atom. The lowest BCUT2D eigenvalue weighted by atomic mass is 9.74. The molecule has 1 unspecified atom stereocenters. The molecule has 0 aliphatic carbocycles. The zero-order valence-electron chi connectivity index (χ0n) is 15.6. The molecule has 2 rings (SSSR count). The second kappa shape index (κ2) is 7.29. The van der Waals surface area contributed by atoms with Gasteiger partial charge in [-0.05, 0) is 61.6 Å². The van der Waals surface area contributed by atoms with E-state index in [0.717, 1.165) is 25.0 Å². The molecule has 0 bridgehead atoms. The quantitative estimate of drug-likeness (QED) is 0.669. The van der Waals surface area contributed by atoms with Crippen LogP contribution in [0.15, 0.2) is 48.5 Å². The molecule has 0 aliphatic heterocycles. The molecule has 2 nitrogen and oxygen atoms in total. The number of aromatic hydroxyl groups is 1. The van der Waals surface area contributed by atoms with E-state index in [9.17, 15) is 5.11 Å². The second-order valence-electron chi connectivity index (χ2n) is 7.02. The van der Waals surface area contributed by atoms with Crippen molar-refractivity contribution in [1.29, 1.82) is 0 Å². The highest BCUT2D eigenvalue weighted by Gasteiger charge is 2.27. The van der Waals surface area contributed by atoms with Crippen LogP contribution in [0.4, 0.5) is 0 Å². The standard InChI is InChI=1S/C22H30O2/c1-6-21(4,7-2)24-20-15-11-18(12-16-20)22(5,8-3)17-9-13-19(23)14-10-17/h9-16,23H,6-8H2,1-5H3. The fourth-order valence-corrected chi connectivity index (χ4v) is 2.97. The van der Waals surface area contributed by atoms with Crippen molar-refractivity contribution in [3.63, 3.8) is 0 Å². The third-order valence-corrected chi connectivity index (χ3v) is 5.56. The van der Waals surface area contributed by atoms with E-state index in [1.807, 2.05) is 12.1 Å². The van der Waals surface area contributed by atoms with Gasteiger partial charge < -0.3 is 9.84 Å². The van der Waals surface area contributed by atoms with Gasteiger partial charge in [0.05, 0.1) is 0 Å². The summed E-state index contributed by atoms with van der Waals surface area (Å²) < 4.78 is 6.19. The summed E-state index contributed by atoms with van der Waals surface area (Å²) in [5.74, 6) is 1.23. The van der Waals surface area contributed by atoms with E-state index in [1.54, 1.807) is 12.1 Å². The third-order valence-electron chi connectivity index (χ3n) is 5.56. The molecule has 0 spiro atoms. The molecule has 1 N–H and O–H groups in total. The van der Waals surface area contributed by atoms with E-state index in [1.165, 1.54) is 11.1 Å². The fourth-order valence-electron chi connectivity index (χ4n) is 2.97. The van der Waals surface area contributed by atoms with Crippen LogP contribution in [-0.2, 0) is 5.41 Å².